The first-order valence-electron chi connectivity index (χ1n) is 3.85. The molecule has 2 heterocycles. The van der Waals surface area contributed by atoms with E-state index in [4.69, 9.17) is 10.2 Å². The molecule has 0 unspecified atom stereocenters. The van der Waals surface area contributed by atoms with E-state index in [2.05, 4.69) is 18.1 Å². The van der Waals surface area contributed by atoms with Crippen LogP contribution in [0.3, 0.4) is 0 Å². The van der Waals surface area contributed by atoms with Crippen molar-refractivity contribution in [3.63, 3.8) is 0 Å². The zero-order chi connectivity index (χ0) is 12.4. The van der Waals surface area contributed by atoms with E-state index in [-0.39, 0.29) is 19.5 Å². The second-order valence-electron chi connectivity index (χ2n) is 2.54. The molecule has 2 N–H and O–H groups in total. The SMILES string of the molecule is O=P1([O-])OC(CO)O1.O=P1([O-])OC(CO)O1.[Zn+2]. The average Bonchev–Trinajstić information content (AvgIpc) is 2.10. The second-order valence-corrected chi connectivity index (χ2v) is 5.17. The molecule has 13 heteroatoms. The van der Waals surface area contributed by atoms with Gasteiger partial charge in [0.2, 0.25) is 0 Å². The monoisotopic (exact) mass is 342 g/mol. The van der Waals surface area contributed by atoms with Crippen LogP contribution in [0.15, 0.2) is 0 Å². The molecule has 0 saturated carbocycles. The number of phosphoric ester groups is 2. The first kappa shape index (κ1) is 17.8. The molecule has 0 aromatic heterocycles. The number of rotatable bonds is 2. The summed E-state index contributed by atoms with van der Waals surface area (Å²) in [6, 6.07) is 0. The van der Waals surface area contributed by atoms with E-state index in [1.807, 2.05) is 0 Å². The van der Waals surface area contributed by atoms with E-state index in [1.165, 1.54) is 0 Å². The van der Waals surface area contributed by atoms with Crippen LogP contribution in [0.25, 0.3) is 0 Å². The number of aliphatic hydroxyl groups is 2. The molecule has 2 aliphatic heterocycles. The maximum atomic E-state index is 9.93. The van der Waals surface area contributed by atoms with Crippen molar-refractivity contribution in [2.75, 3.05) is 13.2 Å². The minimum absolute atomic E-state index is 0. The number of hydrogen-bond donors (Lipinski definition) is 2. The maximum Gasteiger partial charge on any atom is 2.00 e. The molecule has 0 aromatic rings. The minimum atomic E-state index is -3.95. The summed E-state index contributed by atoms with van der Waals surface area (Å²) < 4.78 is 35.9. The van der Waals surface area contributed by atoms with Crippen LogP contribution in [-0.2, 0) is 46.7 Å². The van der Waals surface area contributed by atoms with Crippen LogP contribution in [0.1, 0.15) is 0 Å². The van der Waals surface area contributed by atoms with Crippen molar-refractivity contribution in [3.05, 3.63) is 0 Å². The normalized spacial score (nSPS) is 43.3. The van der Waals surface area contributed by atoms with Crippen molar-refractivity contribution in [2.24, 2.45) is 0 Å². The van der Waals surface area contributed by atoms with Crippen LogP contribution in [-0.4, -0.2) is 36.0 Å². The van der Waals surface area contributed by atoms with E-state index in [1.54, 1.807) is 0 Å². The van der Waals surface area contributed by atoms with E-state index in [0.29, 0.717) is 0 Å². The van der Waals surface area contributed by atoms with Gasteiger partial charge in [-0.25, -0.2) is 0 Å². The number of hydrogen-bond acceptors (Lipinski definition) is 10. The Morgan fingerprint density at radius 3 is 1.18 bits per heavy atom. The summed E-state index contributed by atoms with van der Waals surface area (Å²) in [5.41, 5.74) is 0. The molecule has 17 heavy (non-hydrogen) atoms. The van der Waals surface area contributed by atoms with Gasteiger partial charge in [0, 0.05) is 0 Å². The summed E-state index contributed by atoms with van der Waals surface area (Å²) >= 11 is 0. The summed E-state index contributed by atoms with van der Waals surface area (Å²) in [5.74, 6) is 0. The van der Waals surface area contributed by atoms with Crippen molar-refractivity contribution in [1.82, 2.24) is 0 Å². The molecular weight excluding hydrogens is 335 g/mol. The van der Waals surface area contributed by atoms with Gasteiger partial charge in [-0.15, -0.1) is 0 Å². The first-order valence-corrected chi connectivity index (χ1v) is 6.77. The third-order valence-electron chi connectivity index (χ3n) is 1.28. The third kappa shape index (κ3) is 5.96. The topological polar surface area (TPSA) is 158 Å². The largest absolute Gasteiger partial charge is 2.00 e. The Hall–Kier alpha value is 0.763. The summed E-state index contributed by atoms with van der Waals surface area (Å²) in [5, 5.41) is 16.2. The molecule has 0 spiro atoms. The van der Waals surface area contributed by atoms with Gasteiger partial charge >= 0.3 is 19.5 Å². The van der Waals surface area contributed by atoms with Crippen LogP contribution >= 0.6 is 15.6 Å². The van der Waals surface area contributed by atoms with E-state index >= 15 is 0 Å². The molecule has 2 rings (SSSR count). The molecule has 96 valence electrons. The van der Waals surface area contributed by atoms with Crippen molar-refractivity contribution >= 4 is 15.6 Å². The number of phosphoric acid groups is 2. The Morgan fingerprint density at radius 2 is 1.12 bits per heavy atom. The fraction of sp³-hybridized carbons (Fsp3) is 1.00. The quantitative estimate of drug-likeness (QED) is 0.410. The fourth-order valence-corrected chi connectivity index (χ4v) is 2.18. The van der Waals surface area contributed by atoms with Crippen molar-refractivity contribution in [3.8, 4) is 0 Å². The average molecular weight is 343 g/mol. The zero-order valence-electron chi connectivity index (χ0n) is 8.33. The van der Waals surface area contributed by atoms with Gasteiger partial charge in [-0.05, 0) is 0 Å². The standard InChI is InChI=1S/2C2H5O5P.Zn/c2*3-1-2-6-8(4,5)7-2;/h2*2-3H,1H2,(H,4,5);/q;;+2/p-2. The summed E-state index contributed by atoms with van der Waals surface area (Å²) in [7, 11) is -7.90. The molecule has 0 aromatic carbocycles. The van der Waals surface area contributed by atoms with E-state index in [9.17, 15) is 18.9 Å². The Morgan fingerprint density at radius 1 is 0.882 bits per heavy atom. The summed E-state index contributed by atoms with van der Waals surface area (Å²) in [6.45, 7) is -0.849. The van der Waals surface area contributed by atoms with Gasteiger partial charge in [-0.1, -0.05) is 0 Å². The van der Waals surface area contributed by atoms with Crippen LogP contribution in [0, 0.1) is 0 Å². The van der Waals surface area contributed by atoms with Crippen LogP contribution in [0.2, 0.25) is 0 Å². The van der Waals surface area contributed by atoms with Gasteiger partial charge in [-0.3, -0.25) is 27.2 Å². The van der Waals surface area contributed by atoms with Crippen LogP contribution < -0.4 is 9.79 Å². The Bertz CT molecular complexity index is 282. The predicted octanol–water partition coefficient (Wildman–Crippen LogP) is -2.36. The van der Waals surface area contributed by atoms with Crippen molar-refractivity contribution in [2.45, 2.75) is 12.6 Å². The van der Waals surface area contributed by atoms with Crippen molar-refractivity contribution < 1.29 is 66.7 Å². The Kier molecular flexibility index (Phi) is 7.10. The van der Waals surface area contributed by atoms with E-state index < -0.39 is 41.4 Å². The van der Waals surface area contributed by atoms with Crippen LogP contribution in [0.4, 0.5) is 0 Å². The molecule has 0 radical (unpaired) electrons. The summed E-state index contributed by atoms with van der Waals surface area (Å²) in [6.07, 6.45) is -1.92. The van der Waals surface area contributed by atoms with Gasteiger partial charge in [0.1, 0.15) is 0 Å². The Labute approximate surface area is 108 Å². The smallest absolute Gasteiger partial charge is 0.756 e. The maximum absolute atomic E-state index is 9.93. The van der Waals surface area contributed by atoms with Gasteiger partial charge < -0.3 is 20.0 Å². The summed E-state index contributed by atoms with van der Waals surface area (Å²) in [4.78, 5) is 19.9. The molecule has 10 nitrogen and oxygen atoms in total. The van der Waals surface area contributed by atoms with Gasteiger partial charge in [0.15, 0.2) is 12.6 Å². The molecule has 2 aliphatic rings. The van der Waals surface area contributed by atoms with Crippen molar-refractivity contribution in [1.29, 1.82) is 0 Å². The molecule has 0 atom stereocenters. The van der Waals surface area contributed by atoms with Gasteiger partial charge in [0.25, 0.3) is 15.6 Å². The van der Waals surface area contributed by atoms with Crippen LogP contribution in [0.5, 0.6) is 0 Å². The third-order valence-corrected chi connectivity index (χ3v) is 3.26. The molecule has 0 aliphatic carbocycles. The van der Waals surface area contributed by atoms with Gasteiger partial charge in [-0.2, -0.15) is 0 Å². The minimum Gasteiger partial charge on any atom is -0.756 e. The Balaban J connectivity index is 0.000000284. The first-order chi connectivity index (χ1) is 7.28. The zero-order valence-corrected chi connectivity index (χ0v) is 13.1. The fourth-order valence-electron chi connectivity index (χ4n) is 0.725. The molecular formula is C4H8O10P2Zn. The van der Waals surface area contributed by atoms with E-state index in [0.717, 1.165) is 0 Å². The number of aliphatic hydroxyl groups excluding tert-OH is 2. The second kappa shape index (κ2) is 6.79. The predicted molar refractivity (Wildman–Crippen MR) is 41.3 cm³/mol. The molecule has 2 fully saturated rings. The molecule has 0 amide bonds. The van der Waals surface area contributed by atoms with Gasteiger partial charge in [0.05, 0.1) is 13.2 Å². The molecule has 2 saturated heterocycles. The molecule has 0 bridgehead atoms.